The lowest BCUT2D eigenvalue weighted by Crippen LogP contribution is -2.49. The smallest absolute Gasteiger partial charge is 0.240 e. The van der Waals surface area contributed by atoms with Crippen molar-refractivity contribution in [1.29, 1.82) is 0 Å². The van der Waals surface area contributed by atoms with Gasteiger partial charge in [-0.15, -0.1) is 34.2 Å². The number of guanidine groups is 1. The Bertz CT molecular complexity index is 581. The van der Waals surface area contributed by atoms with Crippen molar-refractivity contribution in [3.8, 4) is 0 Å². The number of halogens is 1. The molecular formula is C18H36IN7O. The van der Waals surface area contributed by atoms with E-state index in [2.05, 4.69) is 39.7 Å². The lowest BCUT2D eigenvalue weighted by atomic mass is 10.1. The number of hydrogen-bond donors (Lipinski definition) is 2. The van der Waals surface area contributed by atoms with Crippen LogP contribution in [0.15, 0.2) is 11.3 Å². The minimum atomic E-state index is -0.240. The monoisotopic (exact) mass is 493 g/mol. The molecule has 0 saturated carbocycles. The first kappa shape index (κ1) is 25.6. The van der Waals surface area contributed by atoms with E-state index in [4.69, 9.17) is 0 Å². The number of carbonyl (C=O) groups excluding carboxylic acids is 1. The van der Waals surface area contributed by atoms with Gasteiger partial charge in [-0.1, -0.05) is 20.3 Å². The molecule has 1 aromatic rings. The number of aryl methyl sites for hydroxylation is 1. The number of carbonyl (C=O) groups is 1. The van der Waals surface area contributed by atoms with E-state index in [1.165, 1.54) is 0 Å². The summed E-state index contributed by atoms with van der Waals surface area (Å²) in [4.78, 5) is 18.7. The van der Waals surface area contributed by atoms with Crippen LogP contribution in [-0.4, -0.2) is 63.8 Å². The van der Waals surface area contributed by atoms with E-state index in [1.54, 1.807) is 6.33 Å². The van der Waals surface area contributed by atoms with Crippen molar-refractivity contribution in [2.24, 2.45) is 4.99 Å². The highest BCUT2D eigenvalue weighted by Crippen LogP contribution is 1.99. The molecule has 0 bridgehead atoms. The summed E-state index contributed by atoms with van der Waals surface area (Å²) >= 11 is 0. The summed E-state index contributed by atoms with van der Waals surface area (Å²) in [5, 5.41) is 14.4. The van der Waals surface area contributed by atoms with Crippen LogP contribution in [0.25, 0.3) is 0 Å². The summed E-state index contributed by atoms with van der Waals surface area (Å²) in [6.07, 6.45) is 4.71. The predicted octanol–water partition coefficient (Wildman–Crippen LogP) is 2.05. The second-order valence-electron chi connectivity index (χ2n) is 7.43. The van der Waals surface area contributed by atoms with Gasteiger partial charge in [0.1, 0.15) is 12.2 Å². The molecule has 156 valence electrons. The molecule has 1 amide bonds. The van der Waals surface area contributed by atoms with Gasteiger partial charge in [0.05, 0.1) is 6.54 Å². The Morgan fingerprint density at radius 2 is 2.04 bits per heavy atom. The van der Waals surface area contributed by atoms with Crippen LogP contribution in [0.2, 0.25) is 0 Å². The normalized spacial score (nSPS) is 11.7. The van der Waals surface area contributed by atoms with E-state index in [0.717, 1.165) is 44.1 Å². The van der Waals surface area contributed by atoms with E-state index >= 15 is 0 Å². The number of nitrogens with zero attached hydrogens (tertiary/aromatic N) is 5. The zero-order chi connectivity index (χ0) is 19.6. The largest absolute Gasteiger partial charge is 0.354 e. The molecule has 0 atom stereocenters. The van der Waals surface area contributed by atoms with E-state index in [-0.39, 0.29) is 42.0 Å². The molecule has 0 fully saturated rings. The average molecular weight is 493 g/mol. The topological polar surface area (TPSA) is 87.4 Å². The Balaban J connectivity index is 0.00000676. The number of aliphatic imine (C=N–C) groups is 1. The fraction of sp³-hybridized carbons (Fsp3) is 0.778. The van der Waals surface area contributed by atoms with Crippen molar-refractivity contribution in [2.45, 2.75) is 66.0 Å². The van der Waals surface area contributed by atoms with Gasteiger partial charge in [-0.25, -0.2) is 0 Å². The van der Waals surface area contributed by atoms with Crippen molar-refractivity contribution in [2.75, 3.05) is 26.7 Å². The molecule has 0 spiro atoms. The van der Waals surface area contributed by atoms with Gasteiger partial charge in [-0.2, -0.15) is 0 Å². The average Bonchev–Trinajstić information content (AvgIpc) is 2.99. The van der Waals surface area contributed by atoms with E-state index in [0.29, 0.717) is 6.54 Å². The molecule has 1 aromatic heterocycles. The highest BCUT2D eigenvalue weighted by Gasteiger charge is 2.17. The number of likely N-dealkylation sites (N-methyl/N-ethyl adjacent to an activating group) is 1. The lowest BCUT2D eigenvalue weighted by Gasteiger charge is -2.25. The SMILES string of the molecule is CCCCN=C(NCCn1cnnc1CC)N(C)CC(=O)NC(C)(C)C.I. The van der Waals surface area contributed by atoms with Crippen LogP contribution in [0.1, 0.15) is 53.3 Å². The maximum absolute atomic E-state index is 12.2. The van der Waals surface area contributed by atoms with Gasteiger partial charge in [-0.3, -0.25) is 9.79 Å². The predicted molar refractivity (Wildman–Crippen MR) is 121 cm³/mol. The molecule has 0 aliphatic rings. The van der Waals surface area contributed by atoms with Crippen LogP contribution >= 0.6 is 24.0 Å². The number of nitrogens with one attached hydrogen (secondary N) is 2. The molecule has 1 heterocycles. The number of amides is 1. The third-order valence-corrected chi connectivity index (χ3v) is 3.68. The first-order chi connectivity index (χ1) is 12.3. The number of aromatic nitrogens is 3. The van der Waals surface area contributed by atoms with Gasteiger partial charge in [0.2, 0.25) is 5.91 Å². The Kier molecular flexibility index (Phi) is 12.2. The Labute approximate surface area is 180 Å². The molecule has 0 aromatic carbocycles. The van der Waals surface area contributed by atoms with Gasteiger partial charge >= 0.3 is 0 Å². The van der Waals surface area contributed by atoms with Crippen LogP contribution in [0, 0.1) is 0 Å². The quantitative estimate of drug-likeness (QED) is 0.238. The van der Waals surface area contributed by atoms with Crippen molar-refractivity contribution >= 4 is 35.8 Å². The summed E-state index contributed by atoms with van der Waals surface area (Å²) in [5.41, 5.74) is -0.240. The Morgan fingerprint density at radius 3 is 2.63 bits per heavy atom. The maximum atomic E-state index is 12.2. The zero-order valence-electron chi connectivity index (χ0n) is 17.6. The molecule has 1 rings (SSSR count). The molecule has 9 heteroatoms. The molecule has 0 aliphatic heterocycles. The van der Waals surface area contributed by atoms with Crippen LogP contribution in [0.4, 0.5) is 0 Å². The first-order valence-electron chi connectivity index (χ1n) is 9.44. The third kappa shape index (κ3) is 10.5. The van der Waals surface area contributed by atoms with Gasteiger partial charge in [-0.05, 0) is 27.2 Å². The summed E-state index contributed by atoms with van der Waals surface area (Å²) in [6, 6.07) is 0. The van der Waals surface area contributed by atoms with Crippen LogP contribution < -0.4 is 10.6 Å². The Hall–Kier alpha value is -1.39. The molecule has 0 radical (unpaired) electrons. The second kappa shape index (κ2) is 12.9. The number of unbranched alkanes of at least 4 members (excludes halogenated alkanes) is 1. The van der Waals surface area contributed by atoms with Crippen LogP contribution in [0.3, 0.4) is 0 Å². The highest BCUT2D eigenvalue weighted by molar-refractivity contribution is 14.0. The van der Waals surface area contributed by atoms with Crippen molar-refractivity contribution < 1.29 is 4.79 Å². The highest BCUT2D eigenvalue weighted by atomic mass is 127. The minimum absolute atomic E-state index is 0. The molecule has 0 aliphatic carbocycles. The molecule has 2 N–H and O–H groups in total. The van der Waals surface area contributed by atoms with Gasteiger partial charge < -0.3 is 20.1 Å². The van der Waals surface area contributed by atoms with Crippen LogP contribution in [-0.2, 0) is 17.8 Å². The van der Waals surface area contributed by atoms with E-state index in [9.17, 15) is 4.79 Å². The van der Waals surface area contributed by atoms with Crippen molar-refractivity contribution in [3.63, 3.8) is 0 Å². The van der Waals surface area contributed by atoms with Crippen LogP contribution in [0.5, 0.6) is 0 Å². The number of hydrogen-bond acceptors (Lipinski definition) is 4. The molecule has 0 saturated heterocycles. The van der Waals surface area contributed by atoms with Gasteiger partial charge in [0.15, 0.2) is 5.96 Å². The summed E-state index contributed by atoms with van der Waals surface area (Å²) < 4.78 is 2.03. The summed E-state index contributed by atoms with van der Waals surface area (Å²) in [5.74, 6) is 1.69. The van der Waals surface area contributed by atoms with Crippen molar-refractivity contribution in [1.82, 2.24) is 30.3 Å². The zero-order valence-corrected chi connectivity index (χ0v) is 19.9. The first-order valence-corrected chi connectivity index (χ1v) is 9.44. The second-order valence-corrected chi connectivity index (χ2v) is 7.43. The third-order valence-electron chi connectivity index (χ3n) is 3.68. The standard InChI is InChI=1S/C18H35N7O.HI/c1-7-9-10-19-17(24(6)13-16(26)22-18(3,4)5)20-11-12-25-14-21-23-15(25)8-2;/h14H,7-13H2,1-6H3,(H,19,20)(H,22,26);1H. The van der Waals surface area contributed by atoms with Gasteiger partial charge in [0.25, 0.3) is 0 Å². The molecule has 0 unspecified atom stereocenters. The molecular weight excluding hydrogens is 457 g/mol. The fourth-order valence-corrected chi connectivity index (χ4v) is 2.43. The van der Waals surface area contributed by atoms with E-state index < -0.39 is 0 Å². The van der Waals surface area contributed by atoms with Gasteiger partial charge in [0, 0.05) is 38.6 Å². The fourth-order valence-electron chi connectivity index (χ4n) is 2.43. The summed E-state index contributed by atoms with van der Waals surface area (Å²) in [7, 11) is 1.89. The Morgan fingerprint density at radius 1 is 1.33 bits per heavy atom. The number of rotatable bonds is 9. The molecule has 27 heavy (non-hydrogen) atoms. The molecule has 8 nitrogen and oxygen atoms in total. The lowest BCUT2D eigenvalue weighted by molar-refractivity contribution is -0.122. The maximum Gasteiger partial charge on any atom is 0.240 e. The minimum Gasteiger partial charge on any atom is -0.354 e. The van der Waals surface area contributed by atoms with E-state index in [1.807, 2.05) is 37.3 Å². The van der Waals surface area contributed by atoms with Crippen molar-refractivity contribution in [3.05, 3.63) is 12.2 Å². The summed E-state index contributed by atoms with van der Waals surface area (Å²) in [6.45, 7) is 12.6.